The van der Waals surface area contributed by atoms with Gasteiger partial charge in [-0.3, -0.25) is 14.4 Å². The lowest BCUT2D eigenvalue weighted by Crippen LogP contribution is -2.49. The molecule has 2 heterocycles. The van der Waals surface area contributed by atoms with Crippen molar-refractivity contribution in [3.05, 3.63) is 88.1 Å². The van der Waals surface area contributed by atoms with Crippen LogP contribution in [0.3, 0.4) is 0 Å². The lowest BCUT2D eigenvalue weighted by Gasteiger charge is -2.36. The summed E-state index contributed by atoms with van der Waals surface area (Å²) >= 11 is 0. The van der Waals surface area contributed by atoms with Gasteiger partial charge in [0.1, 0.15) is 11.6 Å². The molecule has 0 saturated carbocycles. The van der Waals surface area contributed by atoms with E-state index >= 15 is 0 Å². The van der Waals surface area contributed by atoms with E-state index in [1.807, 2.05) is 4.90 Å². The molecule has 0 N–H and O–H groups in total. The number of fused-ring (bicyclic) bond motifs is 2. The van der Waals surface area contributed by atoms with Crippen molar-refractivity contribution >= 4 is 23.2 Å². The number of carbonyl (C=O) groups is 3. The Morgan fingerprint density at radius 2 is 1.52 bits per heavy atom. The minimum absolute atomic E-state index is 0.0442. The number of nitrogens with zero attached hydrogens (tertiary/aromatic N) is 2. The fourth-order valence-corrected chi connectivity index (χ4v) is 4.33. The molecule has 2 aliphatic rings. The van der Waals surface area contributed by atoms with Gasteiger partial charge >= 0.3 is 0 Å². The van der Waals surface area contributed by atoms with Gasteiger partial charge in [0.2, 0.25) is 5.78 Å². The third kappa shape index (κ3) is 2.96. The Kier molecular flexibility index (Phi) is 4.46. The largest absolute Gasteiger partial charge is 0.456 e. The number of ketones is 2. The van der Waals surface area contributed by atoms with Gasteiger partial charge in [0, 0.05) is 37.3 Å². The summed E-state index contributed by atoms with van der Waals surface area (Å²) in [4.78, 5) is 42.8. The third-order valence-electron chi connectivity index (χ3n) is 5.91. The van der Waals surface area contributed by atoms with Crippen molar-refractivity contribution in [2.45, 2.75) is 6.92 Å². The lowest BCUT2D eigenvalue weighted by atomic mass is 9.86. The number of rotatable bonds is 2. The highest BCUT2D eigenvalue weighted by Gasteiger charge is 2.39. The maximum atomic E-state index is 14.1. The van der Waals surface area contributed by atoms with Crippen LogP contribution in [0.2, 0.25) is 0 Å². The molecule has 1 aliphatic heterocycles. The predicted molar refractivity (Wildman–Crippen MR) is 111 cm³/mol. The molecule has 1 fully saturated rings. The van der Waals surface area contributed by atoms with Crippen molar-refractivity contribution in [2.24, 2.45) is 0 Å². The molecule has 1 aliphatic carbocycles. The summed E-state index contributed by atoms with van der Waals surface area (Å²) < 4.78 is 19.7. The highest BCUT2D eigenvalue weighted by Crippen LogP contribution is 2.34. The number of halogens is 1. The molecule has 31 heavy (non-hydrogen) atoms. The average Bonchev–Trinajstić information content (AvgIpc) is 3.15. The molecule has 6 nitrogen and oxygen atoms in total. The van der Waals surface area contributed by atoms with Crippen LogP contribution in [0.15, 0.2) is 52.9 Å². The number of hydrogen-bond acceptors (Lipinski definition) is 5. The van der Waals surface area contributed by atoms with Gasteiger partial charge in [-0.1, -0.05) is 36.4 Å². The minimum Gasteiger partial charge on any atom is -0.456 e. The fourth-order valence-electron chi connectivity index (χ4n) is 4.33. The Morgan fingerprint density at radius 3 is 2.19 bits per heavy atom. The summed E-state index contributed by atoms with van der Waals surface area (Å²) in [6.45, 7) is 3.24. The first-order valence-electron chi connectivity index (χ1n) is 10.1. The van der Waals surface area contributed by atoms with E-state index in [1.54, 1.807) is 54.3 Å². The maximum absolute atomic E-state index is 14.1. The van der Waals surface area contributed by atoms with Gasteiger partial charge in [-0.2, -0.15) is 0 Å². The van der Waals surface area contributed by atoms with Gasteiger partial charge in [0.05, 0.1) is 16.8 Å². The molecular weight excluding hydrogens is 399 g/mol. The van der Waals surface area contributed by atoms with Gasteiger partial charge in [-0.25, -0.2) is 4.39 Å². The SMILES string of the molecule is Cc1oc2c(c1C(=O)N1CCN(c3ccccc3F)CC1)C(=O)c1ccccc1C2=O. The Morgan fingerprint density at radius 1 is 0.903 bits per heavy atom. The normalized spacial score (nSPS) is 15.7. The number of hydrogen-bond donors (Lipinski definition) is 0. The zero-order valence-electron chi connectivity index (χ0n) is 16.9. The summed E-state index contributed by atoms with van der Waals surface area (Å²) in [7, 11) is 0. The first-order chi connectivity index (χ1) is 15.0. The molecule has 3 aromatic rings. The molecule has 0 atom stereocenters. The predicted octanol–water partition coefficient (Wildman–Crippen LogP) is 3.46. The van der Waals surface area contributed by atoms with Crippen LogP contribution >= 0.6 is 0 Å². The number of benzene rings is 2. The van der Waals surface area contributed by atoms with Crippen LogP contribution in [0.25, 0.3) is 0 Å². The van der Waals surface area contributed by atoms with E-state index in [2.05, 4.69) is 0 Å². The van der Waals surface area contributed by atoms with Crippen LogP contribution in [0, 0.1) is 12.7 Å². The van der Waals surface area contributed by atoms with E-state index in [0.29, 0.717) is 31.9 Å². The van der Waals surface area contributed by atoms with E-state index in [9.17, 15) is 18.8 Å². The fraction of sp³-hybridized carbons (Fsp3) is 0.208. The van der Waals surface area contributed by atoms with Crippen molar-refractivity contribution in [1.29, 1.82) is 0 Å². The highest BCUT2D eigenvalue weighted by atomic mass is 19.1. The van der Waals surface area contributed by atoms with E-state index in [4.69, 9.17) is 4.42 Å². The summed E-state index contributed by atoms with van der Waals surface area (Å²) in [5.74, 6) is -1.25. The van der Waals surface area contributed by atoms with Gasteiger partial charge in [0.25, 0.3) is 5.91 Å². The van der Waals surface area contributed by atoms with E-state index in [1.165, 1.54) is 6.07 Å². The molecule has 2 aromatic carbocycles. The van der Waals surface area contributed by atoms with Crippen molar-refractivity contribution in [3.8, 4) is 0 Å². The second-order valence-corrected chi connectivity index (χ2v) is 7.67. The Bertz CT molecular complexity index is 1240. The quantitative estimate of drug-likeness (QED) is 0.499. The van der Waals surface area contributed by atoms with Gasteiger partial charge in [-0.15, -0.1) is 0 Å². The number of amides is 1. The van der Waals surface area contributed by atoms with Crippen LogP contribution in [0.4, 0.5) is 10.1 Å². The molecule has 0 radical (unpaired) electrons. The van der Waals surface area contributed by atoms with Crippen LogP contribution in [-0.4, -0.2) is 48.6 Å². The Hall–Kier alpha value is -3.74. The second kappa shape index (κ2) is 7.19. The van der Waals surface area contributed by atoms with Crippen LogP contribution in [0.1, 0.15) is 48.2 Å². The second-order valence-electron chi connectivity index (χ2n) is 7.67. The van der Waals surface area contributed by atoms with Gasteiger partial charge in [0.15, 0.2) is 11.5 Å². The number of anilines is 1. The molecule has 1 aromatic heterocycles. The molecule has 156 valence electrons. The molecule has 5 rings (SSSR count). The highest BCUT2D eigenvalue weighted by molar-refractivity contribution is 6.30. The van der Waals surface area contributed by atoms with Crippen molar-refractivity contribution in [2.75, 3.05) is 31.1 Å². The minimum atomic E-state index is -0.392. The number of aryl methyl sites for hydroxylation is 1. The van der Waals surface area contributed by atoms with Crippen molar-refractivity contribution in [3.63, 3.8) is 0 Å². The molecule has 0 spiro atoms. The van der Waals surface area contributed by atoms with Crippen molar-refractivity contribution < 1.29 is 23.2 Å². The maximum Gasteiger partial charge on any atom is 0.258 e. The first-order valence-corrected chi connectivity index (χ1v) is 10.1. The van der Waals surface area contributed by atoms with Crippen molar-refractivity contribution in [1.82, 2.24) is 4.90 Å². The average molecular weight is 418 g/mol. The summed E-state index contributed by atoms with van der Waals surface area (Å²) in [5, 5.41) is 0. The lowest BCUT2D eigenvalue weighted by molar-refractivity contribution is 0.0741. The Balaban J connectivity index is 1.43. The smallest absolute Gasteiger partial charge is 0.258 e. The van der Waals surface area contributed by atoms with Gasteiger partial charge < -0.3 is 14.2 Å². The molecule has 0 unspecified atom stereocenters. The Labute approximate surface area is 177 Å². The third-order valence-corrected chi connectivity index (χ3v) is 5.91. The van der Waals surface area contributed by atoms with Crippen LogP contribution in [-0.2, 0) is 0 Å². The summed E-state index contributed by atoms with van der Waals surface area (Å²) in [5.41, 5.74) is 1.25. The molecule has 1 saturated heterocycles. The number of furan rings is 1. The van der Waals surface area contributed by atoms with E-state index in [0.717, 1.165) is 0 Å². The van der Waals surface area contributed by atoms with Crippen LogP contribution < -0.4 is 4.90 Å². The van der Waals surface area contributed by atoms with E-state index < -0.39 is 5.78 Å². The first kappa shape index (κ1) is 19.2. The molecular formula is C24H19FN2O4. The topological polar surface area (TPSA) is 70.8 Å². The summed E-state index contributed by atoms with van der Waals surface area (Å²) in [6, 6.07) is 13.1. The molecule has 0 bridgehead atoms. The standard InChI is InChI=1S/C24H19FN2O4/c1-14-19(20-21(28)15-6-2-3-7-16(15)22(29)23(20)31-14)24(30)27-12-10-26(11-13-27)18-9-5-4-8-17(18)25/h2-9H,10-13H2,1H3. The van der Waals surface area contributed by atoms with Gasteiger partial charge in [-0.05, 0) is 19.1 Å². The van der Waals surface area contributed by atoms with Crippen LogP contribution in [0.5, 0.6) is 0 Å². The van der Waals surface area contributed by atoms with E-state index in [-0.39, 0.29) is 51.3 Å². The summed E-state index contributed by atoms with van der Waals surface area (Å²) in [6.07, 6.45) is 0. The number of carbonyl (C=O) groups excluding carboxylic acids is 3. The number of piperazine rings is 1. The zero-order chi connectivity index (χ0) is 21.7. The number of para-hydroxylation sites is 1. The molecule has 1 amide bonds. The monoisotopic (exact) mass is 418 g/mol. The molecule has 7 heteroatoms. The zero-order valence-corrected chi connectivity index (χ0v) is 16.9.